The summed E-state index contributed by atoms with van der Waals surface area (Å²) < 4.78 is 0. The Labute approximate surface area is 120 Å². The van der Waals surface area contributed by atoms with Gasteiger partial charge in [0, 0.05) is 12.6 Å². The van der Waals surface area contributed by atoms with Gasteiger partial charge in [-0.3, -0.25) is 0 Å². The van der Waals surface area contributed by atoms with Gasteiger partial charge in [-0.2, -0.15) is 0 Å². The number of hydrogen-bond donors (Lipinski definition) is 2. The molecule has 2 fully saturated rings. The third-order valence-corrected chi connectivity index (χ3v) is 4.93. The number of carboxylic acids is 1. The third-order valence-electron chi connectivity index (χ3n) is 4.93. The molecule has 1 saturated carbocycles. The fraction of sp³-hybridized carbons (Fsp3) is 0.867. The second-order valence-corrected chi connectivity index (χ2v) is 6.59. The number of aliphatic carboxylic acids is 1. The monoisotopic (exact) mass is 282 g/mol. The van der Waals surface area contributed by atoms with Crippen LogP contribution in [0.15, 0.2) is 0 Å². The van der Waals surface area contributed by atoms with E-state index in [0.717, 1.165) is 38.0 Å². The topological polar surface area (TPSA) is 69.6 Å². The number of rotatable bonds is 2. The average molecular weight is 282 g/mol. The summed E-state index contributed by atoms with van der Waals surface area (Å²) in [4.78, 5) is 25.3. The molecule has 3 unspecified atom stereocenters. The molecule has 0 aromatic heterocycles. The number of carboxylic acid groups (broad SMARTS) is 1. The molecule has 2 N–H and O–H groups in total. The number of nitrogens with zero attached hydrogens (tertiary/aromatic N) is 1. The molecular formula is C15H26N2O3. The van der Waals surface area contributed by atoms with Crippen LogP contribution in [0.5, 0.6) is 0 Å². The van der Waals surface area contributed by atoms with Crippen LogP contribution >= 0.6 is 0 Å². The molecule has 0 bridgehead atoms. The summed E-state index contributed by atoms with van der Waals surface area (Å²) in [5.41, 5.74) is -1.04. The van der Waals surface area contributed by atoms with E-state index in [9.17, 15) is 14.7 Å². The number of carbonyl (C=O) groups excluding carboxylic acids is 1. The summed E-state index contributed by atoms with van der Waals surface area (Å²) in [5.74, 6) is -0.174. The minimum atomic E-state index is -1.04. The van der Waals surface area contributed by atoms with E-state index in [-0.39, 0.29) is 12.1 Å². The van der Waals surface area contributed by atoms with Gasteiger partial charge in [0.15, 0.2) is 0 Å². The van der Waals surface area contributed by atoms with Crippen molar-refractivity contribution >= 4 is 12.0 Å². The van der Waals surface area contributed by atoms with E-state index < -0.39 is 11.5 Å². The van der Waals surface area contributed by atoms with Crippen LogP contribution in [0, 0.1) is 5.92 Å². The zero-order valence-electron chi connectivity index (χ0n) is 12.5. The zero-order chi connectivity index (χ0) is 14.8. The van der Waals surface area contributed by atoms with Gasteiger partial charge in [-0.05, 0) is 44.9 Å². The maximum atomic E-state index is 12.4. The van der Waals surface area contributed by atoms with Crippen molar-refractivity contribution in [3.8, 4) is 0 Å². The summed E-state index contributed by atoms with van der Waals surface area (Å²) in [6, 6.07) is -0.00181. The predicted octanol–water partition coefficient (Wildman–Crippen LogP) is 2.60. The molecule has 3 atom stereocenters. The Hall–Kier alpha value is -1.26. The van der Waals surface area contributed by atoms with E-state index in [1.807, 2.05) is 0 Å². The van der Waals surface area contributed by atoms with Crippen LogP contribution in [-0.4, -0.2) is 40.1 Å². The first kappa shape index (κ1) is 15.1. The number of likely N-dealkylation sites (tertiary alicyclic amines) is 1. The predicted molar refractivity (Wildman–Crippen MR) is 76.5 cm³/mol. The Morgan fingerprint density at radius 1 is 1.20 bits per heavy atom. The average Bonchev–Trinajstić information content (AvgIpc) is 2.68. The Morgan fingerprint density at radius 3 is 2.65 bits per heavy atom. The van der Waals surface area contributed by atoms with Gasteiger partial charge in [0.05, 0.1) is 0 Å². The minimum Gasteiger partial charge on any atom is -0.480 e. The highest BCUT2D eigenvalue weighted by atomic mass is 16.4. The smallest absolute Gasteiger partial charge is 0.329 e. The van der Waals surface area contributed by atoms with E-state index in [2.05, 4.69) is 12.2 Å². The fourth-order valence-electron chi connectivity index (χ4n) is 3.40. The number of nitrogens with one attached hydrogen (secondary N) is 1. The van der Waals surface area contributed by atoms with Crippen molar-refractivity contribution in [2.45, 2.75) is 70.4 Å². The molecule has 1 aliphatic carbocycles. The van der Waals surface area contributed by atoms with Crippen LogP contribution in [0.25, 0.3) is 0 Å². The van der Waals surface area contributed by atoms with E-state index >= 15 is 0 Å². The lowest BCUT2D eigenvalue weighted by atomic mass is 9.99. The van der Waals surface area contributed by atoms with E-state index in [1.54, 1.807) is 6.92 Å². The summed E-state index contributed by atoms with van der Waals surface area (Å²) in [7, 11) is 0. The van der Waals surface area contributed by atoms with Gasteiger partial charge in [-0.15, -0.1) is 0 Å². The van der Waals surface area contributed by atoms with Crippen LogP contribution in [0.3, 0.4) is 0 Å². The number of hydrogen-bond acceptors (Lipinski definition) is 2. The van der Waals surface area contributed by atoms with E-state index in [4.69, 9.17) is 0 Å². The Balaban J connectivity index is 1.96. The van der Waals surface area contributed by atoms with Crippen LogP contribution in [0.1, 0.15) is 58.8 Å². The lowest BCUT2D eigenvalue weighted by Gasteiger charge is -2.32. The van der Waals surface area contributed by atoms with Crippen molar-refractivity contribution in [2.24, 2.45) is 5.92 Å². The molecular weight excluding hydrogens is 256 g/mol. The Bertz CT molecular complexity index is 385. The van der Waals surface area contributed by atoms with Crippen molar-refractivity contribution in [2.75, 3.05) is 6.54 Å². The zero-order valence-corrected chi connectivity index (χ0v) is 12.5. The molecule has 1 heterocycles. The van der Waals surface area contributed by atoms with Crippen molar-refractivity contribution in [1.82, 2.24) is 10.2 Å². The molecule has 5 heteroatoms. The number of urea groups is 1. The molecule has 2 aliphatic rings. The molecule has 1 saturated heterocycles. The first-order valence-corrected chi connectivity index (χ1v) is 7.75. The number of carbonyl (C=O) groups is 2. The highest BCUT2D eigenvalue weighted by Gasteiger charge is 2.46. The molecule has 0 radical (unpaired) electrons. The maximum absolute atomic E-state index is 12.4. The van der Waals surface area contributed by atoms with Gasteiger partial charge >= 0.3 is 12.0 Å². The van der Waals surface area contributed by atoms with Crippen LogP contribution in [-0.2, 0) is 4.79 Å². The van der Waals surface area contributed by atoms with Crippen LogP contribution in [0.4, 0.5) is 4.79 Å². The molecule has 1 aliphatic heterocycles. The van der Waals surface area contributed by atoms with Gasteiger partial charge in [0.2, 0.25) is 0 Å². The quantitative estimate of drug-likeness (QED) is 0.765. The lowest BCUT2D eigenvalue weighted by Crippen LogP contribution is -2.55. The van der Waals surface area contributed by atoms with E-state index in [0.29, 0.717) is 13.0 Å². The molecule has 5 nitrogen and oxygen atoms in total. The minimum absolute atomic E-state index is 0.200. The SMILES string of the molecule is CC1CCCC(NC(=O)N2CCCC2(C)C(=O)O)CC1. The van der Waals surface area contributed by atoms with E-state index in [1.165, 1.54) is 11.3 Å². The fourth-order valence-corrected chi connectivity index (χ4v) is 3.40. The Morgan fingerprint density at radius 2 is 1.95 bits per heavy atom. The van der Waals surface area contributed by atoms with Gasteiger partial charge in [-0.1, -0.05) is 19.8 Å². The van der Waals surface area contributed by atoms with Crippen molar-refractivity contribution in [3.05, 3.63) is 0 Å². The molecule has 20 heavy (non-hydrogen) atoms. The normalized spacial score (nSPS) is 34.6. The largest absolute Gasteiger partial charge is 0.480 e. The van der Waals surface area contributed by atoms with Crippen molar-refractivity contribution in [1.29, 1.82) is 0 Å². The van der Waals surface area contributed by atoms with Crippen molar-refractivity contribution in [3.63, 3.8) is 0 Å². The second kappa shape index (κ2) is 6.02. The maximum Gasteiger partial charge on any atom is 0.329 e. The van der Waals surface area contributed by atoms with Gasteiger partial charge in [-0.25, -0.2) is 9.59 Å². The molecule has 0 aromatic rings. The van der Waals surface area contributed by atoms with Gasteiger partial charge in [0.1, 0.15) is 5.54 Å². The summed E-state index contributed by atoms with van der Waals surface area (Å²) in [6.45, 7) is 4.45. The molecule has 2 amide bonds. The number of amides is 2. The molecule has 114 valence electrons. The standard InChI is InChI=1S/C15H26N2O3/c1-11-5-3-6-12(8-7-11)16-14(20)17-10-4-9-15(17,2)13(18)19/h11-12H,3-10H2,1-2H3,(H,16,20)(H,18,19). The van der Waals surface area contributed by atoms with Crippen LogP contribution in [0.2, 0.25) is 0 Å². The summed E-state index contributed by atoms with van der Waals surface area (Å²) >= 11 is 0. The molecule has 0 aromatic carbocycles. The van der Waals surface area contributed by atoms with Gasteiger partial charge < -0.3 is 15.3 Å². The Kier molecular flexibility index (Phi) is 4.55. The first-order chi connectivity index (χ1) is 9.43. The lowest BCUT2D eigenvalue weighted by molar-refractivity contribution is -0.147. The first-order valence-electron chi connectivity index (χ1n) is 7.75. The van der Waals surface area contributed by atoms with Crippen molar-refractivity contribution < 1.29 is 14.7 Å². The van der Waals surface area contributed by atoms with Gasteiger partial charge in [0.25, 0.3) is 0 Å². The molecule has 2 rings (SSSR count). The highest BCUT2D eigenvalue weighted by Crippen LogP contribution is 2.30. The third kappa shape index (κ3) is 3.07. The van der Waals surface area contributed by atoms with Crippen LogP contribution < -0.4 is 5.32 Å². The summed E-state index contributed by atoms with van der Waals surface area (Å²) in [6.07, 6.45) is 6.82. The second-order valence-electron chi connectivity index (χ2n) is 6.59. The highest BCUT2D eigenvalue weighted by molar-refractivity contribution is 5.86. The molecule has 0 spiro atoms. The summed E-state index contributed by atoms with van der Waals surface area (Å²) in [5, 5.41) is 12.4.